The van der Waals surface area contributed by atoms with E-state index in [1.807, 2.05) is 0 Å². The molecule has 0 unspecified atom stereocenters. The number of benzene rings is 1. The molecule has 0 heterocycles. The van der Waals surface area contributed by atoms with Crippen molar-refractivity contribution >= 4 is 23.4 Å². The fraction of sp³-hybridized carbons (Fsp3) is 0.429. The van der Waals surface area contributed by atoms with Crippen LogP contribution in [0, 0.1) is 0 Å². The Morgan fingerprint density at radius 2 is 1.94 bits per heavy atom. The van der Waals surface area contributed by atoms with Crippen molar-refractivity contribution in [3.05, 3.63) is 35.9 Å². The first-order valence-electron chi connectivity index (χ1n) is 6.05. The van der Waals surface area contributed by atoms with Gasteiger partial charge in [0.1, 0.15) is 6.61 Å². The quantitative estimate of drug-likeness (QED) is 0.330. The third kappa shape index (κ3) is 4.88. The van der Waals surface area contributed by atoms with Crippen LogP contribution in [-0.2, 0) is 9.53 Å². The minimum absolute atomic E-state index is 0.0823. The molecule has 18 heavy (non-hydrogen) atoms. The fourth-order valence-corrected chi connectivity index (χ4v) is 1.67. The van der Waals surface area contributed by atoms with Crippen LogP contribution >= 0.6 is 11.6 Å². The standard InChI is InChI=1S/C14H17ClO3/c1-2-3-9-12(15)10-18-14(17)13(16)11-7-5-4-6-8-11/h4-8,12H,2-3,9-10H2,1H3/t12-/m1/s1. The highest BCUT2D eigenvalue weighted by molar-refractivity contribution is 6.40. The molecular weight excluding hydrogens is 252 g/mol. The maximum absolute atomic E-state index is 11.7. The van der Waals surface area contributed by atoms with Crippen LogP contribution in [0.2, 0.25) is 0 Å². The fourth-order valence-electron chi connectivity index (χ4n) is 1.45. The van der Waals surface area contributed by atoms with E-state index in [9.17, 15) is 9.59 Å². The monoisotopic (exact) mass is 268 g/mol. The molecule has 0 saturated carbocycles. The van der Waals surface area contributed by atoms with Gasteiger partial charge in [0.25, 0.3) is 5.78 Å². The lowest BCUT2D eigenvalue weighted by atomic mass is 10.1. The number of esters is 1. The van der Waals surface area contributed by atoms with Gasteiger partial charge in [0.15, 0.2) is 0 Å². The number of carbonyl (C=O) groups is 2. The predicted molar refractivity (Wildman–Crippen MR) is 70.9 cm³/mol. The molecule has 0 aliphatic heterocycles. The first-order valence-corrected chi connectivity index (χ1v) is 6.49. The second-order valence-electron chi connectivity index (χ2n) is 4.03. The van der Waals surface area contributed by atoms with E-state index in [2.05, 4.69) is 6.92 Å². The Balaban J connectivity index is 2.39. The van der Waals surface area contributed by atoms with Crippen LogP contribution in [0.4, 0.5) is 0 Å². The van der Waals surface area contributed by atoms with Crippen molar-refractivity contribution in [1.82, 2.24) is 0 Å². The van der Waals surface area contributed by atoms with Gasteiger partial charge in [-0.1, -0.05) is 50.1 Å². The molecule has 0 bridgehead atoms. The maximum Gasteiger partial charge on any atom is 0.379 e. The van der Waals surface area contributed by atoms with Gasteiger partial charge in [-0.05, 0) is 6.42 Å². The molecule has 0 aliphatic carbocycles. The molecule has 1 rings (SSSR count). The van der Waals surface area contributed by atoms with Crippen LogP contribution in [0.15, 0.2) is 30.3 Å². The van der Waals surface area contributed by atoms with E-state index in [1.54, 1.807) is 30.3 Å². The molecule has 0 amide bonds. The molecule has 98 valence electrons. The number of ketones is 1. The molecule has 1 aromatic rings. The van der Waals surface area contributed by atoms with Crippen molar-refractivity contribution in [1.29, 1.82) is 0 Å². The van der Waals surface area contributed by atoms with Crippen LogP contribution in [0.5, 0.6) is 0 Å². The molecule has 1 atom stereocenters. The molecular formula is C14H17ClO3. The van der Waals surface area contributed by atoms with Crippen molar-refractivity contribution < 1.29 is 14.3 Å². The van der Waals surface area contributed by atoms with Crippen molar-refractivity contribution in [3.63, 3.8) is 0 Å². The molecule has 4 heteroatoms. The van der Waals surface area contributed by atoms with Gasteiger partial charge in [-0.3, -0.25) is 4.79 Å². The zero-order valence-corrected chi connectivity index (χ0v) is 11.2. The van der Waals surface area contributed by atoms with Crippen LogP contribution in [0.3, 0.4) is 0 Å². The Morgan fingerprint density at radius 1 is 1.28 bits per heavy atom. The number of ether oxygens (including phenoxy) is 1. The average Bonchev–Trinajstić information content (AvgIpc) is 2.42. The summed E-state index contributed by atoms with van der Waals surface area (Å²) in [5.41, 5.74) is 0.335. The molecule has 0 saturated heterocycles. The van der Waals surface area contributed by atoms with E-state index in [1.165, 1.54) is 0 Å². The van der Waals surface area contributed by atoms with Gasteiger partial charge in [0, 0.05) is 5.56 Å². The van der Waals surface area contributed by atoms with Gasteiger partial charge >= 0.3 is 5.97 Å². The SMILES string of the molecule is CCCC[C@@H](Cl)COC(=O)C(=O)c1ccccc1. The lowest BCUT2D eigenvalue weighted by Crippen LogP contribution is -2.21. The normalized spacial score (nSPS) is 11.9. The summed E-state index contributed by atoms with van der Waals surface area (Å²) < 4.78 is 4.90. The molecule has 1 aromatic carbocycles. The maximum atomic E-state index is 11.7. The lowest BCUT2D eigenvalue weighted by Gasteiger charge is -2.09. The summed E-state index contributed by atoms with van der Waals surface area (Å²) in [6, 6.07) is 8.34. The molecule has 3 nitrogen and oxygen atoms in total. The van der Waals surface area contributed by atoms with Crippen LogP contribution in [0.1, 0.15) is 36.5 Å². The molecule has 0 N–H and O–H groups in total. The molecule has 0 spiro atoms. The first-order chi connectivity index (χ1) is 8.65. The minimum Gasteiger partial charge on any atom is -0.458 e. The number of rotatable bonds is 7. The zero-order valence-electron chi connectivity index (χ0n) is 10.4. The predicted octanol–water partition coefficient (Wildman–Crippen LogP) is 3.21. The summed E-state index contributed by atoms with van der Waals surface area (Å²) in [6.07, 6.45) is 2.81. The number of Topliss-reactive ketones (excluding diaryl/α,β-unsaturated/α-hetero) is 1. The number of unbranched alkanes of at least 4 members (excludes halogenated alkanes) is 1. The van der Waals surface area contributed by atoms with Crippen molar-refractivity contribution in [2.24, 2.45) is 0 Å². The van der Waals surface area contributed by atoms with E-state index in [0.717, 1.165) is 19.3 Å². The van der Waals surface area contributed by atoms with Crippen LogP contribution in [0.25, 0.3) is 0 Å². The summed E-state index contributed by atoms with van der Waals surface area (Å²) >= 11 is 5.97. The van der Waals surface area contributed by atoms with Gasteiger partial charge in [-0.15, -0.1) is 11.6 Å². The minimum atomic E-state index is -0.844. The highest BCUT2D eigenvalue weighted by Crippen LogP contribution is 2.09. The molecule has 0 aromatic heterocycles. The highest BCUT2D eigenvalue weighted by atomic mass is 35.5. The van der Waals surface area contributed by atoms with Crippen molar-refractivity contribution in [2.75, 3.05) is 6.61 Å². The number of alkyl halides is 1. The zero-order chi connectivity index (χ0) is 13.4. The Labute approximate surface area is 112 Å². The van der Waals surface area contributed by atoms with Crippen molar-refractivity contribution in [3.8, 4) is 0 Å². The summed E-state index contributed by atoms with van der Waals surface area (Å²) in [7, 11) is 0. The Kier molecular flexibility index (Phi) is 6.44. The van der Waals surface area contributed by atoms with E-state index in [-0.39, 0.29) is 12.0 Å². The number of halogens is 1. The van der Waals surface area contributed by atoms with Gasteiger partial charge < -0.3 is 4.74 Å². The van der Waals surface area contributed by atoms with Gasteiger partial charge in [0.05, 0.1) is 5.38 Å². The van der Waals surface area contributed by atoms with Gasteiger partial charge in [-0.2, -0.15) is 0 Å². The number of hydrogen-bond acceptors (Lipinski definition) is 3. The molecule has 0 radical (unpaired) electrons. The average molecular weight is 269 g/mol. The van der Waals surface area contributed by atoms with Gasteiger partial charge in [0.2, 0.25) is 0 Å². The third-order valence-electron chi connectivity index (χ3n) is 2.49. The lowest BCUT2D eigenvalue weighted by molar-refractivity contribution is -0.138. The van der Waals surface area contributed by atoms with Gasteiger partial charge in [-0.25, -0.2) is 4.79 Å². The Hall–Kier alpha value is -1.35. The highest BCUT2D eigenvalue weighted by Gasteiger charge is 2.18. The van der Waals surface area contributed by atoms with E-state index >= 15 is 0 Å². The molecule has 0 fully saturated rings. The topological polar surface area (TPSA) is 43.4 Å². The van der Waals surface area contributed by atoms with Crippen LogP contribution in [-0.4, -0.2) is 23.7 Å². The Morgan fingerprint density at radius 3 is 2.56 bits per heavy atom. The van der Waals surface area contributed by atoms with E-state index in [4.69, 9.17) is 16.3 Å². The summed E-state index contributed by atoms with van der Waals surface area (Å²) in [5.74, 6) is -1.47. The smallest absolute Gasteiger partial charge is 0.379 e. The third-order valence-corrected chi connectivity index (χ3v) is 2.83. The largest absolute Gasteiger partial charge is 0.458 e. The number of carbonyl (C=O) groups excluding carboxylic acids is 2. The summed E-state index contributed by atoms with van der Waals surface area (Å²) in [5, 5.41) is -0.225. The van der Waals surface area contributed by atoms with E-state index < -0.39 is 11.8 Å². The van der Waals surface area contributed by atoms with E-state index in [0.29, 0.717) is 5.56 Å². The molecule has 0 aliphatic rings. The Bertz CT molecular complexity index is 389. The second-order valence-corrected chi connectivity index (χ2v) is 4.65. The summed E-state index contributed by atoms with van der Waals surface area (Å²) in [6.45, 7) is 2.15. The number of hydrogen-bond donors (Lipinski definition) is 0. The van der Waals surface area contributed by atoms with Crippen molar-refractivity contribution in [2.45, 2.75) is 31.6 Å². The second kappa shape index (κ2) is 7.88. The first kappa shape index (κ1) is 14.7. The van der Waals surface area contributed by atoms with Crippen LogP contribution < -0.4 is 0 Å². The summed E-state index contributed by atoms with van der Waals surface area (Å²) in [4.78, 5) is 23.1.